The average molecular weight is 318 g/mol. The van der Waals surface area contributed by atoms with Gasteiger partial charge in [0.05, 0.1) is 11.4 Å². The molecule has 2 rings (SSSR count). The zero-order valence-electron chi connectivity index (χ0n) is 13.2. The zero-order valence-corrected chi connectivity index (χ0v) is 14.0. The number of hydrogen-bond donors (Lipinski definition) is 1. The minimum Gasteiger partial charge on any atom is -0.353 e. The van der Waals surface area contributed by atoms with Gasteiger partial charge in [-0.3, -0.25) is 4.79 Å². The monoisotopic (exact) mass is 318 g/mol. The zero-order chi connectivity index (χ0) is 15.9. The number of aryl methyl sites for hydroxylation is 2. The Kier molecular flexibility index (Phi) is 6.20. The minimum atomic E-state index is 0.0229. The molecule has 1 aromatic rings. The lowest BCUT2D eigenvalue weighted by Crippen LogP contribution is -2.35. The van der Waals surface area contributed by atoms with Gasteiger partial charge in [-0.1, -0.05) is 37.4 Å². The molecule has 1 aliphatic carbocycles. The van der Waals surface area contributed by atoms with Crippen LogP contribution in [0.25, 0.3) is 0 Å². The molecule has 0 atom stereocenters. The third kappa shape index (κ3) is 4.70. The van der Waals surface area contributed by atoms with E-state index in [1.54, 1.807) is 13.8 Å². The van der Waals surface area contributed by atoms with Crippen molar-refractivity contribution in [2.75, 3.05) is 5.75 Å². The van der Waals surface area contributed by atoms with E-state index in [4.69, 9.17) is 0 Å². The van der Waals surface area contributed by atoms with Crippen molar-refractivity contribution in [2.24, 2.45) is 0 Å². The van der Waals surface area contributed by atoms with Gasteiger partial charge < -0.3 is 5.32 Å². The second-order valence-electron chi connectivity index (χ2n) is 5.69. The van der Waals surface area contributed by atoms with Crippen molar-refractivity contribution in [2.45, 2.75) is 63.4 Å². The fourth-order valence-electron chi connectivity index (χ4n) is 2.74. The van der Waals surface area contributed by atoms with Crippen LogP contribution < -0.4 is 5.32 Å². The second-order valence-corrected chi connectivity index (χ2v) is 6.66. The molecule has 0 bridgehead atoms. The molecule has 1 aliphatic rings. The van der Waals surface area contributed by atoms with Crippen molar-refractivity contribution < 1.29 is 4.79 Å². The predicted molar refractivity (Wildman–Crippen MR) is 86.6 cm³/mol. The molecule has 1 saturated carbocycles. The van der Waals surface area contributed by atoms with Gasteiger partial charge >= 0.3 is 0 Å². The van der Waals surface area contributed by atoms with Crippen LogP contribution in [0.5, 0.6) is 0 Å². The van der Waals surface area contributed by atoms with E-state index in [2.05, 4.69) is 21.4 Å². The van der Waals surface area contributed by atoms with E-state index in [0.717, 1.165) is 12.8 Å². The Hall–Kier alpha value is -1.61. The third-order valence-corrected chi connectivity index (χ3v) is 4.82. The Morgan fingerprint density at radius 1 is 1.27 bits per heavy atom. The minimum absolute atomic E-state index is 0.0229. The molecule has 0 saturated heterocycles. The number of rotatable bonds is 4. The molecule has 0 aliphatic heterocycles. The second kappa shape index (κ2) is 8.14. The first kappa shape index (κ1) is 16.8. The van der Waals surface area contributed by atoms with Gasteiger partial charge in [-0.2, -0.15) is 5.26 Å². The van der Waals surface area contributed by atoms with Gasteiger partial charge in [-0.15, -0.1) is 0 Å². The summed E-state index contributed by atoms with van der Waals surface area (Å²) in [5.74, 6) is 0.944. The predicted octanol–water partition coefficient (Wildman–Crippen LogP) is 2.90. The van der Waals surface area contributed by atoms with Gasteiger partial charge in [0.25, 0.3) is 0 Å². The number of amides is 1. The number of nitrogens with one attached hydrogen (secondary N) is 1. The van der Waals surface area contributed by atoms with E-state index < -0.39 is 0 Å². The van der Waals surface area contributed by atoms with E-state index >= 15 is 0 Å². The lowest BCUT2D eigenvalue weighted by molar-refractivity contribution is -0.119. The lowest BCUT2D eigenvalue weighted by atomic mass is 10.1. The molecule has 1 fully saturated rings. The Morgan fingerprint density at radius 2 is 1.95 bits per heavy atom. The molecule has 1 N–H and O–H groups in total. The Morgan fingerprint density at radius 3 is 2.59 bits per heavy atom. The van der Waals surface area contributed by atoms with Crippen LogP contribution in [0.15, 0.2) is 5.03 Å². The number of carbonyl (C=O) groups excluding carboxylic acids is 1. The van der Waals surface area contributed by atoms with Crippen LogP contribution in [0.1, 0.15) is 55.6 Å². The number of hydrogen-bond acceptors (Lipinski definition) is 5. The number of carbonyl (C=O) groups is 1. The van der Waals surface area contributed by atoms with Crippen LogP contribution in [-0.2, 0) is 4.79 Å². The Balaban J connectivity index is 1.92. The first-order valence-corrected chi connectivity index (χ1v) is 8.76. The summed E-state index contributed by atoms with van der Waals surface area (Å²) in [4.78, 5) is 20.6. The van der Waals surface area contributed by atoms with Gasteiger partial charge in [0.2, 0.25) is 5.91 Å². The van der Waals surface area contributed by atoms with Gasteiger partial charge in [0, 0.05) is 6.04 Å². The molecule has 0 radical (unpaired) electrons. The highest BCUT2D eigenvalue weighted by Crippen LogP contribution is 2.22. The van der Waals surface area contributed by atoms with Crippen molar-refractivity contribution in [3.63, 3.8) is 0 Å². The summed E-state index contributed by atoms with van der Waals surface area (Å²) in [5.41, 5.74) is 1.14. The Labute approximate surface area is 135 Å². The van der Waals surface area contributed by atoms with E-state index in [1.165, 1.54) is 37.4 Å². The number of thioether (sulfide) groups is 1. The normalized spacial score (nSPS) is 15.9. The van der Waals surface area contributed by atoms with E-state index in [0.29, 0.717) is 33.9 Å². The molecule has 22 heavy (non-hydrogen) atoms. The standard InChI is InChI=1S/C16H22N4OS/c1-11-14(9-17)16(19-12(2)18-11)22-10-15(21)20-13-7-5-3-4-6-8-13/h13H,3-8,10H2,1-2H3,(H,20,21). The quantitative estimate of drug-likeness (QED) is 0.524. The van der Waals surface area contributed by atoms with Crippen molar-refractivity contribution in [3.05, 3.63) is 17.1 Å². The summed E-state index contributed by atoms with van der Waals surface area (Å²) in [6.07, 6.45) is 7.08. The van der Waals surface area contributed by atoms with Gasteiger partial charge in [-0.05, 0) is 26.7 Å². The molecule has 6 heteroatoms. The Bertz CT molecular complexity index is 574. The summed E-state index contributed by atoms with van der Waals surface area (Å²) >= 11 is 1.32. The topological polar surface area (TPSA) is 78.7 Å². The summed E-state index contributed by atoms with van der Waals surface area (Å²) in [6.45, 7) is 3.59. The molecule has 0 aromatic carbocycles. The molecule has 1 heterocycles. The molecule has 118 valence electrons. The maximum absolute atomic E-state index is 12.1. The first-order valence-electron chi connectivity index (χ1n) is 7.77. The van der Waals surface area contributed by atoms with E-state index in [1.807, 2.05) is 0 Å². The largest absolute Gasteiger partial charge is 0.353 e. The molecule has 1 amide bonds. The van der Waals surface area contributed by atoms with Crippen LogP contribution in [-0.4, -0.2) is 27.7 Å². The van der Waals surface area contributed by atoms with Gasteiger partial charge in [0.15, 0.2) is 0 Å². The average Bonchev–Trinajstić information content (AvgIpc) is 2.73. The molecular formula is C16H22N4OS. The summed E-state index contributed by atoms with van der Waals surface area (Å²) < 4.78 is 0. The van der Waals surface area contributed by atoms with Crippen molar-refractivity contribution in [3.8, 4) is 6.07 Å². The molecule has 1 aromatic heterocycles. The number of nitrogens with zero attached hydrogens (tertiary/aromatic N) is 3. The van der Waals surface area contributed by atoms with Crippen LogP contribution in [0, 0.1) is 25.2 Å². The van der Waals surface area contributed by atoms with Crippen LogP contribution in [0.4, 0.5) is 0 Å². The molecule has 5 nitrogen and oxygen atoms in total. The van der Waals surface area contributed by atoms with Crippen molar-refractivity contribution >= 4 is 17.7 Å². The summed E-state index contributed by atoms with van der Waals surface area (Å²) in [7, 11) is 0. The van der Waals surface area contributed by atoms with E-state index in [-0.39, 0.29) is 5.91 Å². The van der Waals surface area contributed by atoms with Gasteiger partial charge in [-0.25, -0.2) is 9.97 Å². The highest BCUT2D eigenvalue weighted by molar-refractivity contribution is 8.00. The summed E-state index contributed by atoms with van der Waals surface area (Å²) in [6, 6.07) is 2.43. The van der Waals surface area contributed by atoms with Crippen LogP contribution in [0.2, 0.25) is 0 Å². The van der Waals surface area contributed by atoms with E-state index in [9.17, 15) is 10.1 Å². The van der Waals surface area contributed by atoms with Crippen molar-refractivity contribution in [1.82, 2.24) is 15.3 Å². The lowest BCUT2D eigenvalue weighted by Gasteiger charge is -2.16. The first-order chi connectivity index (χ1) is 10.6. The van der Waals surface area contributed by atoms with Crippen molar-refractivity contribution in [1.29, 1.82) is 5.26 Å². The maximum Gasteiger partial charge on any atom is 0.230 e. The molecule has 0 unspecified atom stereocenters. The third-order valence-electron chi connectivity index (χ3n) is 3.84. The fourth-order valence-corrected chi connectivity index (χ4v) is 3.63. The van der Waals surface area contributed by atoms with Crippen LogP contribution in [0.3, 0.4) is 0 Å². The SMILES string of the molecule is Cc1nc(C)c(C#N)c(SCC(=O)NC2CCCCCC2)n1. The highest BCUT2D eigenvalue weighted by Gasteiger charge is 2.16. The molecule has 0 spiro atoms. The highest BCUT2D eigenvalue weighted by atomic mass is 32.2. The van der Waals surface area contributed by atoms with Gasteiger partial charge in [0.1, 0.15) is 22.5 Å². The molecular weight excluding hydrogens is 296 g/mol. The van der Waals surface area contributed by atoms with Crippen LogP contribution >= 0.6 is 11.8 Å². The smallest absolute Gasteiger partial charge is 0.230 e. The number of nitriles is 1. The summed E-state index contributed by atoms with van der Waals surface area (Å²) in [5, 5.41) is 12.9. The number of aromatic nitrogens is 2. The fraction of sp³-hybridized carbons (Fsp3) is 0.625. The maximum atomic E-state index is 12.1.